The van der Waals surface area contributed by atoms with Crippen molar-refractivity contribution in [2.75, 3.05) is 53.5 Å². The summed E-state index contributed by atoms with van der Waals surface area (Å²) in [7, 11) is 3.83. The molecule has 0 aromatic heterocycles. The van der Waals surface area contributed by atoms with E-state index in [9.17, 15) is 0 Å². The second-order valence-electron chi connectivity index (χ2n) is 5.69. The zero-order valence-corrected chi connectivity index (χ0v) is 13.3. The molecule has 1 aliphatic heterocycles. The van der Waals surface area contributed by atoms with E-state index < -0.39 is 0 Å². The molecule has 1 saturated heterocycles. The average Bonchev–Trinajstić information content (AvgIpc) is 2.49. The van der Waals surface area contributed by atoms with Gasteiger partial charge in [-0.1, -0.05) is 6.07 Å². The van der Waals surface area contributed by atoms with Gasteiger partial charge in [-0.05, 0) is 31.7 Å². The van der Waals surface area contributed by atoms with E-state index in [1.807, 2.05) is 25.1 Å². The van der Waals surface area contributed by atoms with E-state index >= 15 is 0 Å². The van der Waals surface area contributed by atoms with Crippen molar-refractivity contribution in [3.8, 4) is 11.5 Å². The summed E-state index contributed by atoms with van der Waals surface area (Å²) < 4.78 is 11.3. The van der Waals surface area contributed by atoms with Crippen LogP contribution in [-0.2, 0) is 0 Å². The number of rotatable bonds is 6. The number of benzene rings is 1. The van der Waals surface area contributed by atoms with Gasteiger partial charge in [-0.25, -0.2) is 0 Å². The number of piperazine rings is 1. The Balaban J connectivity index is 1.85. The van der Waals surface area contributed by atoms with Crippen LogP contribution in [0.1, 0.15) is 18.5 Å². The highest BCUT2D eigenvalue weighted by Gasteiger charge is 2.14. The molecule has 1 aromatic carbocycles. The highest BCUT2D eigenvalue weighted by molar-refractivity contribution is 5.43. The van der Waals surface area contributed by atoms with Gasteiger partial charge in [0.2, 0.25) is 0 Å². The average molecular weight is 293 g/mol. The molecule has 0 radical (unpaired) electrons. The molecule has 5 heteroatoms. The zero-order valence-electron chi connectivity index (χ0n) is 13.3. The molecule has 2 N–H and O–H groups in total. The largest absolute Gasteiger partial charge is 0.493 e. The summed E-state index contributed by atoms with van der Waals surface area (Å²) in [4.78, 5) is 4.79. The van der Waals surface area contributed by atoms with Crippen LogP contribution >= 0.6 is 0 Å². The van der Waals surface area contributed by atoms with Gasteiger partial charge < -0.3 is 20.1 Å². The van der Waals surface area contributed by atoms with Gasteiger partial charge in [0.25, 0.3) is 0 Å². The predicted octanol–water partition coefficient (Wildman–Crippen LogP) is 1.34. The molecule has 118 valence electrons. The predicted molar refractivity (Wildman–Crippen MR) is 85.0 cm³/mol. The Morgan fingerprint density at radius 3 is 2.52 bits per heavy atom. The van der Waals surface area contributed by atoms with E-state index in [0.29, 0.717) is 6.61 Å². The van der Waals surface area contributed by atoms with Crippen LogP contribution in [0.4, 0.5) is 0 Å². The smallest absolute Gasteiger partial charge is 0.161 e. The molecule has 0 amide bonds. The molecule has 0 saturated carbocycles. The molecule has 1 heterocycles. The van der Waals surface area contributed by atoms with E-state index in [2.05, 4.69) is 16.8 Å². The van der Waals surface area contributed by atoms with Crippen LogP contribution in [0.5, 0.6) is 11.5 Å². The molecule has 0 aliphatic carbocycles. The lowest BCUT2D eigenvalue weighted by atomic mass is 10.1. The third kappa shape index (κ3) is 4.59. The fraction of sp³-hybridized carbons (Fsp3) is 0.625. The first-order valence-corrected chi connectivity index (χ1v) is 7.57. The Labute approximate surface area is 127 Å². The molecule has 0 spiro atoms. The lowest BCUT2D eigenvalue weighted by molar-refractivity contribution is 0.133. The van der Waals surface area contributed by atoms with Crippen LogP contribution in [0.2, 0.25) is 0 Å². The first-order valence-electron chi connectivity index (χ1n) is 7.57. The first-order chi connectivity index (χ1) is 10.1. The maximum Gasteiger partial charge on any atom is 0.161 e. The van der Waals surface area contributed by atoms with Crippen LogP contribution in [0.25, 0.3) is 0 Å². The van der Waals surface area contributed by atoms with Gasteiger partial charge in [0, 0.05) is 38.8 Å². The van der Waals surface area contributed by atoms with E-state index in [1.165, 1.54) is 0 Å². The summed E-state index contributed by atoms with van der Waals surface area (Å²) >= 11 is 0. The summed E-state index contributed by atoms with van der Waals surface area (Å²) in [6.45, 7) is 8.08. The van der Waals surface area contributed by atoms with E-state index in [4.69, 9.17) is 15.2 Å². The van der Waals surface area contributed by atoms with Gasteiger partial charge in [0.05, 0.1) is 7.11 Å². The maximum absolute atomic E-state index is 5.89. The second kappa shape index (κ2) is 7.64. The normalized spacial score (nSPS) is 18.5. The monoisotopic (exact) mass is 293 g/mol. The highest BCUT2D eigenvalue weighted by atomic mass is 16.5. The van der Waals surface area contributed by atoms with Gasteiger partial charge in [0.1, 0.15) is 6.61 Å². The molecule has 2 rings (SSSR count). The minimum atomic E-state index is -0.00158. The SMILES string of the molecule is COc1cc([C@H](C)N)ccc1OCCN1CCN(C)CC1. The molecule has 1 aromatic rings. The molecular weight excluding hydrogens is 266 g/mol. The van der Waals surface area contributed by atoms with Crippen molar-refractivity contribution in [1.82, 2.24) is 9.80 Å². The third-order valence-electron chi connectivity index (χ3n) is 3.97. The van der Waals surface area contributed by atoms with Crippen molar-refractivity contribution in [3.05, 3.63) is 23.8 Å². The Morgan fingerprint density at radius 2 is 1.90 bits per heavy atom. The topological polar surface area (TPSA) is 51.0 Å². The molecular formula is C16H27N3O2. The number of hydrogen-bond donors (Lipinski definition) is 1. The van der Waals surface area contributed by atoms with Crippen molar-refractivity contribution in [1.29, 1.82) is 0 Å². The van der Waals surface area contributed by atoms with Gasteiger partial charge in [0.15, 0.2) is 11.5 Å². The fourth-order valence-electron chi connectivity index (χ4n) is 2.44. The summed E-state index contributed by atoms with van der Waals surface area (Å²) in [6.07, 6.45) is 0. The number of nitrogens with two attached hydrogens (primary N) is 1. The minimum Gasteiger partial charge on any atom is -0.493 e. The van der Waals surface area contributed by atoms with Crippen molar-refractivity contribution >= 4 is 0 Å². The molecule has 5 nitrogen and oxygen atoms in total. The van der Waals surface area contributed by atoms with Crippen LogP contribution in [-0.4, -0.2) is 63.3 Å². The summed E-state index contributed by atoms with van der Waals surface area (Å²) in [6, 6.07) is 5.90. The van der Waals surface area contributed by atoms with Crippen molar-refractivity contribution < 1.29 is 9.47 Å². The van der Waals surface area contributed by atoms with E-state index in [0.717, 1.165) is 49.8 Å². The Hall–Kier alpha value is -1.30. The number of methoxy groups -OCH3 is 1. The van der Waals surface area contributed by atoms with Crippen LogP contribution in [0.3, 0.4) is 0 Å². The molecule has 1 fully saturated rings. The lowest BCUT2D eigenvalue weighted by Gasteiger charge is -2.32. The molecule has 0 bridgehead atoms. The summed E-state index contributed by atoms with van der Waals surface area (Å²) in [5, 5.41) is 0. The second-order valence-corrected chi connectivity index (χ2v) is 5.69. The maximum atomic E-state index is 5.89. The zero-order chi connectivity index (χ0) is 15.2. The van der Waals surface area contributed by atoms with Gasteiger partial charge in [-0.15, -0.1) is 0 Å². The summed E-state index contributed by atoms with van der Waals surface area (Å²) in [5.74, 6) is 1.54. The van der Waals surface area contributed by atoms with Gasteiger partial charge in [-0.2, -0.15) is 0 Å². The highest BCUT2D eigenvalue weighted by Crippen LogP contribution is 2.29. The number of ether oxygens (including phenoxy) is 2. The number of likely N-dealkylation sites (N-methyl/N-ethyl adjacent to an activating group) is 1. The standard InChI is InChI=1S/C16H27N3O2/c1-13(17)14-4-5-15(16(12-14)20-3)21-11-10-19-8-6-18(2)7-9-19/h4-5,12-13H,6-11,17H2,1-3H3/t13-/m0/s1. The molecule has 1 aliphatic rings. The van der Waals surface area contributed by atoms with E-state index in [-0.39, 0.29) is 6.04 Å². The van der Waals surface area contributed by atoms with Crippen molar-refractivity contribution in [2.24, 2.45) is 5.73 Å². The van der Waals surface area contributed by atoms with Gasteiger partial charge >= 0.3 is 0 Å². The Bertz CT molecular complexity index is 443. The molecule has 0 unspecified atom stereocenters. The fourth-order valence-corrected chi connectivity index (χ4v) is 2.44. The molecule has 21 heavy (non-hydrogen) atoms. The van der Waals surface area contributed by atoms with Crippen LogP contribution < -0.4 is 15.2 Å². The van der Waals surface area contributed by atoms with Crippen LogP contribution in [0, 0.1) is 0 Å². The van der Waals surface area contributed by atoms with Crippen LogP contribution in [0.15, 0.2) is 18.2 Å². The number of hydrogen-bond acceptors (Lipinski definition) is 5. The van der Waals surface area contributed by atoms with Gasteiger partial charge in [-0.3, -0.25) is 4.90 Å². The third-order valence-corrected chi connectivity index (χ3v) is 3.97. The Kier molecular flexibility index (Phi) is 5.85. The van der Waals surface area contributed by atoms with Crippen molar-refractivity contribution in [2.45, 2.75) is 13.0 Å². The first kappa shape index (κ1) is 16.1. The quantitative estimate of drug-likeness (QED) is 0.858. The number of nitrogens with zero attached hydrogens (tertiary/aromatic N) is 2. The Morgan fingerprint density at radius 1 is 1.19 bits per heavy atom. The van der Waals surface area contributed by atoms with Crippen molar-refractivity contribution in [3.63, 3.8) is 0 Å². The lowest BCUT2D eigenvalue weighted by Crippen LogP contribution is -2.45. The van der Waals surface area contributed by atoms with E-state index in [1.54, 1.807) is 7.11 Å². The minimum absolute atomic E-state index is 0.00158. The molecule has 1 atom stereocenters. The summed E-state index contributed by atoms with van der Waals surface area (Å²) in [5.41, 5.74) is 6.94.